The number of likely N-dealkylation sites (tertiary alicyclic amines) is 1. The molecule has 0 radical (unpaired) electrons. The molecule has 1 N–H and O–H groups in total. The highest BCUT2D eigenvalue weighted by atomic mass is 16.5. The Balaban J connectivity index is 1.49. The third-order valence-electron chi connectivity index (χ3n) is 5.28. The number of rotatable bonds is 3. The summed E-state index contributed by atoms with van der Waals surface area (Å²) >= 11 is 0. The summed E-state index contributed by atoms with van der Waals surface area (Å²) < 4.78 is 13.3. The average Bonchev–Trinajstić information content (AvgIpc) is 3.27. The van der Waals surface area contributed by atoms with E-state index < -0.39 is 0 Å². The fourth-order valence-electron chi connectivity index (χ4n) is 4.14. The lowest BCUT2D eigenvalue weighted by molar-refractivity contribution is -0.0270. The minimum atomic E-state index is -0.125. The summed E-state index contributed by atoms with van der Waals surface area (Å²) in [6, 6.07) is 0.867. The summed E-state index contributed by atoms with van der Waals surface area (Å²) in [6.45, 7) is 3.25. The van der Waals surface area contributed by atoms with Crippen LogP contribution in [0.2, 0.25) is 0 Å². The normalized spacial score (nSPS) is 34.5. The zero-order valence-electron chi connectivity index (χ0n) is 13.5. The first kappa shape index (κ1) is 15.1. The van der Waals surface area contributed by atoms with Crippen molar-refractivity contribution >= 4 is 5.91 Å². The molecule has 3 fully saturated rings. The Hall–Kier alpha value is -1.44. The van der Waals surface area contributed by atoms with Gasteiger partial charge >= 0.3 is 0 Å². The second-order valence-corrected chi connectivity index (χ2v) is 6.70. The highest BCUT2D eigenvalue weighted by molar-refractivity contribution is 5.91. The molecule has 3 aliphatic rings. The summed E-state index contributed by atoms with van der Waals surface area (Å²) in [6.07, 6.45) is 6.80. The molecule has 126 valence electrons. The van der Waals surface area contributed by atoms with Gasteiger partial charge in [-0.25, -0.2) is 4.98 Å². The zero-order chi connectivity index (χ0) is 15.8. The Morgan fingerprint density at radius 2 is 2.30 bits per heavy atom. The molecule has 4 rings (SSSR count). The van der Waals surface area contributed by atoms with Crippen molar-refractivity contribution in [2.45, 2.75) is 43.5 Å². The van der Waals surface area contributed by atoms with E-state index in [-0.39, 0.29) is 18.1 Å². The number of nitrogens with one attached hydrogen (secondary N) is 1. The number of ether oxygens (including phenoxy) is 2. The zero-order valence-corrected chi connectivity index (χ0v) is 13.5. The van der Waals surface area contributed by atoms with Crippen molar-refractivity contribution in [3.8, 4) is 0 Å². The van der Waals surface area contributed by atoms with Crippen molar-refractivity contribution < 1.29 is 14.3 Å². The lowest BCUT2D eigenvalue weighted by Crippen LogP contribution is -2.48. The van der Waals surface area contributed by atoms with Gasteiger partial charge in [-0.3, -0.25) is 9.69 Å². The molecule has 1 unspecified atom stereocenters. The van der Waals surface area contributed by atoms with E-state index in [0.29, 0.717) is 17.9 Å². The fourth-order valence-corrected chi connectivity index (χ4v) is 4.14. The van der Waals surface area contributed by atoms with Crippen LogP contribution in [0.4, 0.5) is 0 Å². The monoisotopic (exact) mass is 320 g/mol. The van der Waals surface area contributed by atoms with Crippen molar-refractivity contribution in [1.29, 1.82) is 0 Å². The molecular weight excluding hydrogens is 296 g/mol. The van der Waals surface area contributed by atoms with Crippen LogP contribution >= 0.6 is 0 Å². The lowest BCUT2D eigenvalue weighted by Gasteiger charge is -2.34. The van der Waals surface area contributed by atoms with Gasteiger partial charge < -0.3 is 19.4 Å². The summed E-state index contributed by atoms with van der Waals surface area (Å²) in [5.74, 6) is 0.319. The van der Waals surface area contributed by atoms with Crippen molar-refractivity contribution in [1.82, 2.24) is 19.8 Å². The van der Waals surface area contributed by atoms with Crippen LogP contribution < -0.4 is 5.32 Å². The Bertz CT molecular complexity index is 569. The Morgan fingerprint density at radius 3 is 3.04 bits per heavy atom. The lowest BCUT2D eigenvalue weighted by atomic mass is 10.00. The Morgan fingerprint density at radius 1 is 1.39 bits per heavy atom. The van der Waals surface area contributed by atoms with Gasteiger partial charge in [0.1, 0.15) is 0 Å². The van der Waals surface area contributed by atoms with Crippen LogP contribution in [0.5, 0.6) is 0 Å². The van der Waals surface area contributed by atoms with Crippen LogP contribution in [-0.2, 0) is 16.5 Å². The number of hydrogen-bond acceptors (Lipinski definition) is 5. The number of fused-ring (bicyclic) bond motifs is 1. The maximum atomic E-state index is 12.5. The van der Waals surface area contributed by atoms with Crippen molar-refractivity contribution in [3.05, 3.63) is 18.2 Å². The molecule has 1 aromatic rings. The van der Waals surface area contributed by atoms with Gasteiger partial charge in [0.25, 0.3) is 5.91 Å². The van der Waals surface area contributed by atoms with E-state index >= 15 is 0 Å². The minimum absolute atomic E-state index is 0.0186. The number of aryl methyl sites for hydroxylation is 1. The molecule has 3 aliphatic heterocycles. The SMILES string of the molecule is Cn1ccnc1C(=O)N[C@H]1CN(C2CCOC2)[C@@H]2CCCO[C@H]12. The number of aromatic nitrogens is 2. The van der Waals surface area contributed by atoms with Gasteiger partial charge in [-0.15, -0.1) is 0 Å². The molecule has 23 heavy (non-hydrogen) atoms. The highest BCUT2D eigenvalue weighted by Crippen LogP contribution is 2.32. The van der Waals surface area contributed by atoms with E-state index in [0.717, 1.165) is 45.6 Å². The van der Waals surface area contributed by atoms with Crippen LogP contribution in [0.15, 0.2) is 12.4 Å². The van der Waals surface area contributed by atoms with Crippen LogP contribution in [0.3, 0.4) is 0 Å². The molecule has 1 aromatic heterocycles. The predicted molar refractivity (Wildman–Crippen MR) is 83.2 cm³/mol. The van der Waals surface area contributed by atoms with Gasteiger partial charge in [-0.2, -0.15) is 0 Å². The molecule has 0 aromatic carbocycles. The predicted octanol–water partition coefficient (Wildman–Crippen LogP) is 0.171. The number of hydrogen-bond donors (Lipinski definition) is 1. The first-order chi connectivity index (χ1) is 11.2. The third kappa shape index (κ3) is 2.77. The van der Waals surface area contributed by atoms with E-state index in [9.17, 15) is 4.79 Å². The molecule has 0 aliphatic carbocycles. The van der Waals surface area contributed by atoms with Crippen molar-refractivity contribution in [2.75, 3.05) is 26.4 Å². The molecule has 0 bridgehead atoms. The first-order valence-corrected chi connectivity index (χ1v) is 8.47. The third-order valence-corrected chi connectivity index (χ3v) is 5.28. The Kier molecular flexibility index (Phi) is 4.09. The standard InChI is InChI=1S/C16H24N4O3/c1-19-6-5-17-15(19)16(21)18-12-9-20(11-4-8-22-10-11)13-3-2-7-23-14(12)13/h5-6,11-14H,2-4,7-10H2,1H3,(H,18,21)/t11?,12-,13+,14+/m0/s1. The smallest absolute Gasteiger partial charge is 0.287 e. The number of nitrogens with zero attached hydrogens (tertiary/aromatic N) is 3. The average molecular weight is 320 g/mol. The molecule has 1 amide bonds. The van der Waals surface area contributed by atoms with Gasteiger partial charge in [-0.1, -0.05) is 0 Å². The number of amides is 1. The maximum Gasteiger partial charge on any atom is 0.287 e. The second-order valence-electron chi connectivity index (χ2n) is 6.70. The van der Waals surface area contributed by atoms with Gasteiger partial charge in [0.15, 0.2) is 5.82 Å². The number of carbonyl (C=O) groups excluding carboxylic acids is 1. The quantitative estimate of drug-likeness (QED) is 0.860. The van der Waals surface area contributed by atoms with Crippen molar-refractivity contribution in [2.24, 2.45) is 7.05 Å². The van der Waals surface area contributed by atoms with E-state index in [4.69, 9.17) is 9.47 Å². The van der Waals surface area contributed by atoms with E-state index in [2.05, 4.69) is 15.2 Å². The van der Waals surface area contributed by atoms with Gasteiger partial charge in [0.2, 0.25) is 0 Å². The maximum absolute atomic E-state index is 12.5. The van der Waals surface area contributed by atoms with Gasteiger partial charge in [-0.05, 0) is 19.3 Å². The van der Waals surface area contributed by atoms with Crippen molar-refractivity contribution in [3.63, 3.8) is 0 Å². The first-order valence-electron chi connectivity index (χ1n) is 8.47. The van der Waals surface area contributed by atoms with Gasteiger partial charge in [0.05, 0.1) is 18.8 Å². The van der Waals surface area contributed by atoms with Crippen LogP contribution in [0.25, 0.3) is 0 Å². The fraction of sp³-hybridized carbons (Fsp3) is 0.750. The number of imidazole rings is 1. The molecule has 4 heterocycles. The Labute approximate surface area is 135 Å². The van der Waals surface area contributed by atoms with E-state index in [1.165, 1.54) is 0 Å². The number of carbonyl (C=O) groups is 1. The molecule has 0 saturated carbocycles. The van der Waals surface area contributed by atoms with Crippen LogP contribution in [0.1, 0.15) is 29.9 Å². The highest BCUT2D eigenvalue weighted by Gasteiger charge is 2.47. The van der Waals surface area contributed by atoms with E-state index in [1.807, 2.05) is 7.05 Å². The molecule has 3 saturated heterocycles. The molecule has 0 spiro atoms. The molecular formula is C16H24N4O3. The minimum Gasteiger partial charge on any atom is -0.380 e. The second kappa shape index (κ2) is 6.22. The molecule has 7 nitrogen and oxygen atoms in total. The molecule has 4 atom stereocenters. The summed E-state index contributed by atoms with van der Waals surface area (Å²) in [5.41, 5.74) is 0. The topological polar surface area (TPSA) is 68.6 Å². The molecule has 7 heteroatoms. The summed E-state index contributed by atoms with van der Waals surface area (Å²) in [7, 11) is 1.83. The summed E-state index contributed by atoms with van der Waals surface area (Å²) in [4.78, 5) is 19.1. The van der Waals surface area contributed by atoms with Crippen LogP contribution in [-0.4, -0.2) is 71.0 Å². The largest absolute Gasteiger partial charge is 0.380 e. The van der Waals surface area contributed by atoms with Gasteiger partial charge in [0, 0.05) is 51.3 Å². The van der Waals surface area contributed by atoms with Crippen LogP contribution in [0, 0.1) is 0 Å². The van der Waals surface area contributed by atoms with E-state index in [1.54, 1.807) is 17.0 Å². The summed E-state index contributed by atoms with van der Waals surface area (Å²) in [5, 5.41) is 3.14.